The second kappa shape index (κ2) is 6.03. The lowest BCUT2D eigenvalue weighted by Crippen LogP contribution is -2.16. The molecular formula is C13H15ClFNO. The van der Waals surface area contributed by atoms with Crippen LogP contribution in [0.3, 0.4) is 0 Å². The Morgan fingerprint density at radius 2 is 2.29 bits per heavy atom. The molecule has 1 aromatic rings. The van der Waals surface area contributed by atoms with Gasteiger partial charge in [-0.15, -0.1) is 0 Å². The molecule has 1 aromatic carbocycles. The maximum Gasteiger partial charge on any atom is 0.165 e. The first kappa shape index (κ1) is 12.4. The predicted molar refractivity (Wildman–Crippen MR) is 66.7 cm³/mol. The van der Waals surface area contributed by atoms with E-state index in [4.69, 9.17) is 16.3 Å². The number of halogens is 2. The lowest BCUT2D eigenvalue weighted by molar-refractivity contribution is 0.336. The minimum atomic E-state index is -0.330. The number of rotatable bonds is 6. The van der Waals surface area contributed by atoms with Crippen molar-refractivity contribution >= 4 is 11.6 Å². The number of para-hydroxylation sites is 1. The molecule has 1 aliphatic carbocycles. The van der Waals surface area contributed by atoms with Gasteiger partial charge in [-0.25, -0.2) is 4.39 Å². The molecule has 0 amide bonds. The minimum absolute atomic E-state index is 0.279. The van der Waals surface area contributed by atoms with Gasteiger partial charge in [-0.05, 0) is 25.0 Å². The fraction of sp³-hybridized carbons (Fsp3) is 0.385. The van der Waals surface area contributed by atoms with Crippen molar-refractivity contribution in [1.82, 2.24) is 5.32 Å². The molecule has 1 aliphatic rings. The normalized spacial score (nSPS) is 15.4. The van der Waals surface area contributed by atoms with Crippen molar-refractivity contribution in [1.29, 1.82) is 0 Å². The van der Waals surface area contributed by atoms with Crippen molar-refractivity contribution in [3.05, 3.63) is 41.2 Å². The molecule has 0 aromatic heterocycles. The molecule has 4 heteroatoms. The van der Waals surface area contributed by atoms with Crippen molar-refractivity contribution in [3.8, 4) is 5.75 Å². The number of nitrogens with one attached hydrogen (secondary N) is 1. The molecule has 2 nitrogen and oxygen atoms in total. The largest absolute Gasteiger partial charge is 0.486 e. The zero-order valence-electron chi connectivity index (χ0n) is 9.46. The molecule has 1 saturated carbocycles. The molecule has 0 spiro atoms. The summed E-state index contributed by atoms with van der Waals surface area (Å²) in [5.41, 5.74) is 2.21. The van der Waals surface area contributed by atoms with Gasteiger partial charge in [-0.2, -0.15) is 0 Å². The van der Waals surface area contributed by atoms with Crippen LogP contribution in [-0.2, 0) is 6.54 Å². The molecule has 0 bridgehead atoms. The van der Waals surface area contributed by atoms with Crippen LogP contribution in [0.4, 0.5) is 4.39 Å². The maximum absolute atomic E-state index is 13.6. The highest BCUT2D eigenvalue weighted by molar-refractivity contribution is 6.25. The van der Waals surface area contributed by atoms with Crippen LogP contribution in [-0.4, -0.2) is 12.6 Å². The van der Waals surface area contributed by atoms with E-state index in [1.807, 2.05) is 6.07 Å². The fourth-order valence-corrected chi connectivity index (χ4v) is 1.64. The number of benzene rings is 1. The number of hydrogen-bond acceptors (Lipinski definition) is 2. The average Bonchev–Trinajstić information content (AvgIpc) is 3.13. The van der Waals surface area contributed by atoms with Crippen LogP contribution in [0.5, 0.6) is 5.75 Å². The summed E-state index contributed by atoms with van der Waals surface area (Å²) in [7, 11) is 0. The summed E-state index contributed by atoms with van der Waals surface area (Å²) in [5.74, 6) is -0.0153. The monoisotopic (exact) mass is 255 g/mol. The van der Waals surface area contributed by atoms with Crippen LogP contribution < -0.4 is 10.1 Å². The van der Waals surface area contributed by atoms with Crippen LogP contribution in [0.1, 0.15) is 18.4 Å². The highest BCUT2D eigenvalue weighted by Crippen LogP contribution is 2.25. The highest BCUT2D eigenvalue weighted by Gasteiger charge is 2.21. The van der Waals surface area contributed by atoms with Crippen molar-refractivity contribution in [2.45, 2.75) is 25.4 Å². The molecule has 0 unspecified atom stereocenters. The van der Waals surface area contributed by atoms with Gasteiger partial charge in [0.1, 0.15) is 6.61 Å². The molecule has 0 aliphatic heterocycles. The molecule has 0 saturated heterocycles. The van der Waals surface area contributed by atoms with Gasteiger partial charge >= 0.3 is 0 Å². The summed E-state index contributed by atoms with van der Waals surface area (Å²) in [6.07, 6.45) is 4.05. The summed E-state index contributed by atoms with van der Waals surface area (Å²) in [6, 6.07) is 5.57. The van der Waals surface area contributed by atoms with Crippen LogP contribution >= 0.6 is 11.6 Å². The fourth-order valence-electron chi connectivity index (χ4n) is 1.56. The Hall–Kier alpha value is -1.06. The molecule has 17 heavy (non-hydrogen) atoms. The zero-order valence-corrected chi connectivity index (χ0v) is 10.2. The van der Waals surface area contributed by atoms with Gasteiger partial charge in [0.05, 0.1) is 0 Å². The molecule has 1 fully saturated rings. The van der Waals surface area contributed by atoms with Crippen molar-refractivity contribution in [2.24, 2.45) is 0 Å². The van der Waals surface area contributed by atoms with Crippen LogP contribution in [0.15, 0.2) is 29.8 Å². The topological polar surface area (TPSA) is 21.3 Å². The van der Waals surface area contributed by atoms with E-state index < -0.39 is 0 Å². The summed E-state index contributed by atoms with van der Waals surface area (Å²) in [4.78, 5) is 0. The van der Waals surface area contributed by atoms with E-state index in [-0.39, 0.29) is 12.4 Å². The van der Waals surface area contributed by atoms with Gasteiger partial charge in [0.15, 0.2) is 11.6 Å². The Balaban J connectivity index is 2.02. The van der Waals surface area contributed by atoms with Crippen molar-refractivity contribution in [3.63, 3.8) is 0 Å². The molecule has 0 atom stereocenters. The Bertz CT molecular complexity index is 404. The van der Waals surface area contributed by atoms with Gasteiger partial charge in [0.2, 0.25) is 0 Å². The quantitative estimate of drug-likeness (QED) is 0.843. The molecule has 1 N–H and O–H groups in total. The standard InChI is InChI=1S/C13H15ClFNO/c14-7-2-8-17-13-10(3-1-4-12(13)15)9-16-11-5-6-11/h1-4,7,11,16H,5-6,8-9H2/b7-2+. The van der Waals surface area contributed by atoms with Gasteiger partial charge in [0.25, 0.3) is 0 Å². The third kappa shape index (κ3) is 3.72. The zero-order chi connectivity index (χ0) is 12.1. The summed E-state index contributed by atoms with van der Waals surface area (Å²) >= 11 is 5.39. The lowest BCUT2D eigenvalue weighted by atomic mass is 10.2. The summed E-state index contributed by atoms with van der Waals surface area (Å²) in [5, 5.41) is 3.34. The second-order valence-corrected chi connectivity index (χ2v) is 4.31. The van der Waals surface area contributed by atoms with Crippen LogP contribution in [0.25, 0.3) is 0 Å². The lowest BCUT2D eigenvalue weighted by Gasteiger charge is -2.11. The second-order valence-electron chi connectivity index (χ2n) is 4.06. The predicted octanol–water partition coefficient (Wildman–Crippen LogP) is 3.21. The first-order chi connectivity index (χ1) is 8.31. The van der Waals surface area contributed by atoms with Gasteiger partial charge in [0, 0.05) is 23.7 Å². The van der Waals surface area contributed by atoms with Crippen LogP contribution in [0, 0.1) is 5.82 Å². The summed E-state index contributed by atoms with van der Waals surface area (Å²) < 4.78 is 19.0. The van der Waals surface area contributed by atoms with Gasteiger partial charge in [-0.1, -0.05) is 23.7 Å². The first-order valence-electron chi connectivity index (χ1n) is 5.70. The molecule has 0 heterocycles. The molecule has 92 valence electrons. The average molecular weight is 256 g/mol. The van der Waals surface area contributed by atoms with Gasteiger partial charge < -0.3 is 10.1 Å². The van der Waals surface area contributed by atoms with Crippen LogP contribution in [0.2, 0.25) is 0 Å². The van der Waals surface area contributed by atoms with E-state index >= 15 is 0 Å². The van der Waals surface area contributed by atoms with E-state index in [1.54, 1.807) is 12.1 Å². The number of ether oxygens (including phenoxy) is 1. The van der Waals surface area contributed by atoms with Crippen molar-refractivity contribution < 1.29 is 9.13 Å². The van der Waals surface area contributed by atoms with Gasteiger partial charge in [-0.3, -0.25) is 0 Å². The Morgan fingerprint density at radius 3 is 3.00 bits per heavy atom. The molecule has 2 rings (SSSR count). The Kier molecular flexibility index (Phi) is 4.40. The SMILES string of the molecule is Fc1cccc(CNC2CC2)c1OC/C=C/Cl. The van der Waals surface area contributed by atoms with E-state index in [1.165, 1.54) is 24.4 Å². The highest BCUT2D eigenvalue weighted by atomic mass is 35.5. The van der Waals surface area contributed by atoms with E-state index in [0.29, 0.717) is 18.3 Å². The number of hydrogen-bond donors (Lipinski definition) is 1. The third-order valence-corrected chi connectivity index (χ3v) is 2.80. The maximum atomic E-state index is 13.6. The smallest absolute Gasteiger partial charge is 0.165 e. The Labute approximate surface area is 105 Å². The van der Waals surface area contributed by atoms with E-state index in [9.17, 15) is 4.39 Å². The van der Waals surface area contributed by atoms with Crippen molar-refractivity contribution in [2.75, 3.05) is 6.61 Å². The minimum Gasteiger partial charge on any atom is -0.486 e. The molecular weight excluding hydrogens is 241 g/mol. The summed E-state index contributed by atoms with van der Waals surface area (Å²) in [6.45, 7) is 0.920. The third-order valence-electron chi connectivity index (χ3n) is 2.62. The first-order valence-corrected chi connectivity index (χ1v) is 6.13. The van der Waals surface area contributed by atoms with E-state index in [0.717, 1.165) is 5.56 Å². The molecule has 0 radical (unpaired) electrons. The Morgan fingerprint density at radius 1 is 1.47 bits per heavy atom. The van der Waals surface area contributed by atoms with E-state index in [2.05, 4.69) is 5.32 Å².